The average Bonchev–Trinajstić information content (AvgIpc) is 2.37. The fraction of sp³-hybridized carbons (Fsp3) is 0.933. The Morgan fingerprint density at radius 3 is 2.45 bits per heavy atom. The minimum Gasteiger partial charge on any atom is -0.444 e. The summed E-state index contributed by atoms with van der Waals surface area (Å²) in [5.74, 6) is 0. The van der Waals surface area contributed by atoms with Crippen LogP contribution < -0.4 is 10.6 Å². The zero-order valence-corrected chi connectivity index (χ0v) is 13.3. The Morgan fingerprint density at radius 1 is 1.10 bits per heavy atom. The van der Waals surface area contributed by atoms with E-state index < -0.39 is 5.60 Å². The second-order valence-electron chi connectivity index (χ2n) is 6.43. The number of carbonyl (C=O) groups excluding carboxylic acids is 1. The van der Waals surface area contributed by atoms with E-state index in [0.717, 1.165) is 13.1 Å². The van der Waals surface area contributed by atoms with Crippen molar-refractivity contribution < 1.29 is 9.53 Å². The molecule has 2 N–H and O–H groups in total. The van der Waals surface area contributed by atoms with Gasteiger partial charge in [-0.3, -0.25) is 0 Å². The van der Waals surface area contributed by atoms with Gasteiger partial charge in [-0.2, -0.15) is 0 Å². The van der Waals surface area contributed by atoms with Crippen LogP contribution in [0.25, 0.3) is 0 Å². The van der Waals surface area contributed by atoms with Gasteiger partial charge in [-0.15, -0.1) is 0 Å². The molecule has 1 saturated heterocycles. The van der Waals surface area contributed by atoms with E-state index in [1.807, 2.05) is 20.8 Å². The molecule has 1 rings (SSSR count). The van der Waals surface area contributed by atoms with Crippen molar-refractivity contribution in [2.75, 3.05) is 39.3 Å². The number of carbonyl (C=O) groups is 1. The van der Waals surface area contributed by atoms with Crippen molar-refractivity contribution in [2.45, 2.75) is 52.1 Å². The number of ether oxygens (including phenoxy) is 1. The van der Waals surface area contributed by atoms with Crippen molar-refractivity contribution in [3.8, 4) is 0 Å². The maximum Gasteiger partial charge on any atom is 0.407 e. The fourth-order valence-corrected chi connectivity index (χ4v) is 2.30. The van der Waals surface area contributed by atoms with Crippen LogP contribution in [0.4, 0.5) is 4.79 Å². The van der Waals surface area contributed by atoms with E-state index in [1.54, 1.807) is 0 Å². The molecule has 0 aromatic rings. The largest absolute Gasteiger partial charge is 0.444 e. The Bertz CT molecular complexity index is 271. The lowest BCUT2D eigenvalue weighted by molar-refractivity contribution is 0.0528. The second-order valence-corrected chi connectivity index (χ2v) is 6.43. The van der Waals surface area contributed by atoms with Gasteiger partial charge in [0.25, 0.3) is 0 Å². The summed E-state index contributed by atoms with van der Waals surface area (Å²) in [4.78, 5) is 13.9. The van der Waals surface area contributed by atoms with E-state index in [2.05, 4.69) is 15.5 Å². The third kappa shape index (κ3) is 9.15. The molecule has 1 amide bonds. The molecule has 0 aromatic carbocycles. The van der Waals surface area contributed by atoms with Crippen LogP contribution in [0.15, 0.2) is 0 Å². The van der Waals surface area contributed by atoms with E-state index in [4.69, 9.17) is 4.74 Å². The van der Waals surface area contributed by atoms with Crippen LogP contribution in [0.5, 0.6) is 0 Å². The number of rotatable bonds is 7. The van der Waals surface area contributed by atoms with Crippen LogP contribution >= 0.6 is 0 Å². The third-order valence-corrected chi connectivity index (χ3v) is 3.25. The first-order valence-electron chi connectivity index (χ1n) is 7.87. The number of hydrogen-bond acceptors (Lipinski definition) is 4. The fourth-order valence-electron chi connectivity index (χ4n) is 2.30. The molecule has 0 spiro atoms. The monoisotopic (exact) mass is 285 g/mol. The van der Waals surface area contributed by atoms with Gasteiger partial charge in [0.1, 0.15) is 5.60 Å². The topological polar surface area (TPSA) is 53.6 Å². The minimum atomic E-state index is -0.425. The Morgan fingerprint density at radius 2 is 1.80 bits per heavy atom. The zero-order chi connectivity index (χ0) is 14.8. The molecule has 20 heavy (non-hydrogen) atoms. The molecule has 1 fully saturated rings. The van der Waals surface area contributed by atoms with E-state index in [1.165, 1.54) is 45.3 Å². The third-order valence-electron chi connectivity index (χ3n) is 3.25. The molecule has 1 aliphatic rings. The average molecular weight is 285 g/mol. The van der Waals surface area contributed by atoms with Gasteiger partial charge < -0.3 is 20.3 Å². The zero-order valence-electron chi connectivity index (χ0n) is 13.3. The summed E-state index contributed by atoms with van der Waals surface area (Å²) in [6.07, 6.45) is 4.94. The molecule has 0 atom stereocenters. The lowest BCUT2D eigenvalue weighted by Gasteiger charge is -2.26. The highest BCUT2D eigenvalue weighted by atomic mass is 16.6. The lowest BCUT2D eigenvalue weighted by atomic mass is 10.1. The number of likely N-dealkylation sites (tertiary alicyclic amines) is 1. The highest BCUT2D eigenvalue weighted by molar-refractivity contribution is 5.67. The maximum atomic E-state index is 11.4. The molecule has 0 unspecified atom stereocenters. The molecular formula is C15H31N3O2. The number of nitrogens with zero attached hydrogens (tertiary/aromatic N) is 1. The highest BCUT2D eigenvalue weighted by Crippen LogP contribution is 2.08. The molecule has 1 aliphatic heterocycles. The van der Waals surface area contributed by atoms with Crippen molar-refractivity contribution >= 4 is 6.09 Å². The Hall–Kier alpha value is -0.810. The predicted molar refractivity (Wildman–Crippen MR) is 82.0 cm³/mol. The van der Waals surface area contributed by atoms with Crippen LogP contribution in [0.1, 0.15) is 46.5 Å². The summed E-state index contributed by atoms with van der Waals surface area (Å²) in [6.45, 7) is 11.7. The summed E-state index contributed by atoms with van der Waals surface area (Å²) in [6, 6.07) is 0. The normalized spacial score (nSPS) is 16.9. The number of hydrogen-bond donors (Lipinski definition) is 2. The maximum absolute atomic E-state index is 11.4. The molecular weight excluding hydrogens is 254 g/mol. The summed E-state index contributed by atoms with van der Waals surface area (Å²) in [5.41, 5.74) is -0.425. The van der Waals surface area contributed by atoms with Crippen molar-refractivity contribution in [3.05, 3.63) is 0 Å². The van der Waals surface area contributed by atoms with E-state index in [0.29, 0.717) is 6.54 Å². The van der Waals surface area contributed by atoms with Gasteiger partial charge in [0.2, 0.25) is 0 Å². The standard InChI is InChI=1S/C15H31N3O2/c1-15(2,3)20-14(19)17-10-9-16-8-7-13-18-11-5-4-6-12-18/h16H,4-13H2,1-3H3,(H,17,19). The van der Waals surface area contributed by atoms with Gasteiger partial charge in [-0.25, -0.2) is 4.79 Å². The smallest absolute Gasteiger partial charge is 0.407 e. The molecule has 5 nitrogen and oxygen atoms in total. The number of alkyl carbamates (subject to hydrolysis) is 1. The van der Waals surface area contributed by atoms with Crippen LogP contribution in [0.3, 0.4) is 0 Å². The first kappa shape index (κ1) is 17.2. The van der Waals surface area contributed by atoms with Gasteiger partial charge >= 0.3 is 6.09 Å². The first-order valence-corrected chi connectivity index (χ1v) is 7.87. The van der Waals surface area contributed by atoms with Gasteiger partial charge in [-0.05, 0) is 66.2 Å². The Labute approximate surface area is 123 Å². The Kier molecular flexibility index (Phi) is 7.92. The van der Waals surface area contributed by atoms with Crippen molar-refractivity contribution in [1.29, 1.82) is 0 Å². The summed E-state index contributed by atoms with van der Waals surface area (Å²) in [7, 11) is 0. The van der Waals surface area contributed by atoms with Crippen LogP contribution in [0, 0.1) is 0 Å². The van der Waals surface area contributed by atoms with E-state index >= 15 is 0 Å². The molecule has 0 saturated carbocycles. The van der Waals surface area contributed by atoms with Crippen LogP contribution in [-0.4, -0.2) is 55.9 Å². The molecule has 0 aliphatic carbocycles. The van der Waals surface area contributed by atoms with Gasteiger partial charge in [0.15, 0.2) is 0 Å². The number of nitrogens with one attached hydrogen (secondary N) is 2. The molecule has 5 heteroatoms. The second kappa shape index (κ2) is 9.19. The molecule has 0 bridgehead atoms. The van der Waals surface area contributed by atoms with Crippen LogP contribution in [-0.2, 0) is 4.74 Å². The van der Waals surface area contributed by atoms with Crippen molar-refractivity contribution in [1.82, 2.24) is 15.5 Å². The van der Waals surface area contributed by atoms with Gasteiger partial charge in [0.05, 0.1) is 0 Å². The summed E-state index contributed by atoms with van der Waals surface area (Å²) < 4.78 is 5.16. The lowest BCUT2D eigenvalue weighted by Crippen LogP contribution is -2.37. The summed E-state index contributed by atoms with van der Waals surface area (Å²) in [5, 5.41) is 6.09. The molecule has 1 heterocycles. The molecule has 0 aromatic heterocycles. The van der Waals surface area contributed by atoms with E-state index in [9.17, 15) is 4.79 Å². The molecule has 118 valence electrons. The summed E-state index contributed by atoms with van der Waals surface area (Å²) >= 11 is 0. The highest BCUT2D eigenvalue weighted by Gasteiger charge is 2.15. The quantitative estimate of drug-likeness (QED) is 0.702. The van der Waals surface area contributed by atoms with Crippen LogP contribution in [0.2, 0.25) is 0 Å². The number of amides is 1. The SMILES string of the molecule is CC(C)(C)OC(=O)NCCNCCCN1CCCCC1. The van der Waals surface area contributed by atoms with Gasteiger partial charge in [-0.1, -0.05) is 6.42 Å². The predicted octanol–water partition coefficient (Wildman–Crippen LogP) is 1.98. The Balaban J connectivity index is 1.88. The van der Waals surface area contributed by atoms with E-state index in [-0.39, 0.29) is 6.09 Å². The minimum absolute atomic E-state index is 0.340. The van der Waals surface area contributed by atoms with Gasteiger partial charge in [0, 0.05) is 13.1 Å². The first-order chi connectivity index (χ1) is 9.47. The number of piperidine rings is 1. The van der Waals surface area contributed by atoms with Crippen molar-refractivity contribution in [2.24, 2.45) is 0 Å². The van der Waals surface area contributed by atoms with Crippen molar-refractivity contribution in [3.63, 3.8) is 0 Å². The molecule has 0 radical (unpaired) electrons.